The fourth-order valence-electron chi connectivity index (χ4n) is 2.33. The standard InChI is InChI=1S/C15H17N3O2/c1-18-7-8-20-13(10-18)15-16-12(9-14(19)17-15)11-5-3-2-4-6-11/h2-6,9,13H,7-8,10H2,1H3,(H,16,17,19). The van der Waals surface area contributed by atoms with Crippen molar-refractivity contribution in [3.8, 4) is 11.3 Å². The van der Waals surface area contributed by atoms with Gasteiger partial charge in [0.2, 0.25) is 0 Å². The van der Waals surface area contributed by atoms with Gasteiger partial charge in [-0.2, -0.15) is 0 Å². The molecule has 1 aliphatic heterocycles. The summed E-state index contributed by atoms with van der Waals surface area (Å²) >= 11 is 0. The van der Waals surface area contributed by atoms with E-state index in [1.165, 1.54) is 6.07 Å². The molecule has 1 aromatic heterocycles. The largest absolute Gasteiger partial charge is 0.368 e. The fourth-order valence-corrected chi connectivity index (χ4v) is 2.33. The Morgan fingerprint density at radius 1 is 1.35 bits per heavy atom. The number of aromatic amines is 1. The number of morpholine rings is 1. The average molecular weight is 271 g/mol. The molecule has 0 bridgehead atoms. The summed E-state index contributed by atoms with van der Waals surface area (Å²) in [5.74, 6) is 0.600. The quantitative estimate of drug-likeness (QED) is 0.898. The number of aromatic nitrogens is 2. The first-order chi connectivity index (χ1) is 9.72. The molecule has 0 radical (unpaired) electrons. The van der Waals surface area contributed by atoms with Crippen LogP contribution in [0.3, 0.4) is 0 Å². The second-order valence-electron chi connectivity index (χ2n) is 5.00. The van der Waals surface area contributed by atoms with E-state index in [1.54, 1.807) is 0 Å². The lowest BCUT2D eigenvalue weighted by atomic mass is 10.1. The van der Waals surface area contributed by atoms with E-state index in [0.29, 0.717) is 18.1 Å². The zero-order valence-electron chi connectivity index (χ0n) is 11.4. The van der Waals surface area contributed by atoms with Gasteiger partial charge in [0.1, 0.15) is 11.9 Å². The number of hydrogen-bond donors (Lipinski definition) is 1. The van der Waals surface area contributed by atoms with Gasteiger partial charge in [0.15, 0.2) is 0 Å². The summed E-state index contributed by atoms with van der Waals surface area (Å²) in [5.41, 5.74) is 1.47. The SMILES string of the molecule is CN1CCOC(c2nc(-c3ccccc3)cc(=O)[nH]2)C1. The van der Waals surface area contributed by atoms with Gasteiger partial charge in [-0.25, -0.2) is 4.98 Å². The first-order valence-corrected chi connectivity index (χ1v) is 6.69. The van der Waals surface area contributed by atoms with Crippen molar-refractivity contribution >= 4 is 0 Å². The molecule has 0 amide bonds. The Labute approximate surface area is 117 Å². The lowest BCUT2D eigenvalue weighted by Crippen LogP contribution is -2.36. The molecule has 1 unspecified atom stereocenters. The first-order valence-electron chi connectivity index (χ1n) is 6.69. The van der Waals surface area contributed by atoms with Crippen LogP contribution >= 0.6 is 0 Å². The van der Waals surface area contributed by atoms with Crippen LogP contribution in [0.2, 0.25) is 0 Å². The van der Waals surface area contributed by atoms with Crippen LogP contribution in [0.5, 0.6) is 0 Å². The Kier molecular flexibility index (Phi) is 3.62. The van der Waals surface area contributed by atoms with Crippen LogP contribution in [0.1, 0.15) is 11.9 Å². The molecule has 2 heterocycles. The molecule has 0 aliphatic carbocycles. The lowest BCUT2D eigenvalue weighted by molar-refractivity contribution is -0.0255. The number of nitrogens with one attached hydrogen (secondary N) is 1. The molecule has 104 valence electrons. The van der Waals surface area contributed by atoms with Gasteiger partial charge in [0, 0.05) is 24.7 Å². The summed E-state index contributed by atoms with van der Waals surface area (Å²) in [6.45, 7) is 2.29. The van der Waals surface area contributed by atoms with Crippen LogP contribution in [0.15, 0.2) is 41.2 Å². The molecule has 5 nitrogen and oxygen atoms in total. The van der Waals surface area contributed by atoms with Crippen molar-refractivity contribution in [3.05, 3.63) is 52.6 Å². The van der Waals surface area contributed by atoms with Gasteiger partial charge in [0.05, 0.1) is 12.3 Å². The molecule has 0 spiro atoms. The van der Waals surface area contributed by atoms with Crippen LogP contribution in [0.25, 0.3) is 11.3 Å². The van der Waals surface area contributed by atoms with Gasteiger partial charge in [0.25, 0.3) is 5.56 Å². The molecule has 20 heavy (non-hydrogen) atoms. The Bertz CT molecular complexity index is 639. The van der Waals surface area contributed by atoms with E-state index in [0.717, 1.165) is 18.7 Å². The molecule has 5 heteroatoms. The molecule has 1 saturated heterocycles. The van der Waals surface area contributed by atoms with Crippen LogP contribution in [0, 0.1) is 0 Å². The maximum atomic E-state index is 11.8. The summed E-state index contributed by atoms with van der Waals surface area (Å²) in [6, 6.07) is 11.2. The number of hydrogen-bond acceptors (Lipinski definition) is 4. The van der Waals surface area contributed by atoms with E-state index in [9.17, 15) is 4.79 Å². The fraction of sp³-hybridized carbons (Fsp3) is 0.333. The molecule has 1 aromatic carbocycles. The zero-order valence-corrected chi connectivity index (χ0v) is 11.4. The molecule has 1 aliphatic rings. The topological polar surface area (TPSA) is 58.2 Å². The lowest BCUT2D eigenvalue weighted by Gasteiger charge is -2.29. The number of H-pyrrole nitrogens is 1. The van der Waals surface area contributed by atoms with Crippen molar-refractivity contribution < 1.29 is 4.74 Å². The minimum atomic E-state index is -0.176. The molecule has 1 N–H and O–H groups in total. The third kappa shape index (κ3) is 2.79. The maximum Gasteiger partial charge on any atom is 0.251 e. The van der Waals surface area contributed by atoms with Gasteiger partial charge in [-0.15, -0.1) is 0 Å². The smallest absolute Gasteiger partial charge is 0.251 e. The monoisotopic (exact) mass is 271 g/mol. The summed E-state index contributed by atoms with van der Waals surface area (Å²) in [6.07, 6.45) is -0.176. The minimum absolute atomic E-state index is 0.148. The highest BCUT2D eigenvalue weighted by atomic mass is 16.5. The number of likely N-dealkylation sites (N-methyl/N-ethyl adjacent to an activating group) is 1. The second-order valence-corrected chi connectivity index (χ2v) is 5.00. The summed E-state index contributed by atoms with van der Waals surface area (Å²) in [7, 11) is 2.04. The van der Waals surface area contributed by atoms with Crippen molar-refractivity contribution in [3.63, 3.8) is 0 Å². The van der Waals surface area contributed by atoms with E-state index < -0.39 is 0 Å². The van der Waals surface area contributed by atoms with Gasteiger partial charge >= 0.3 is 0 Å². The molecule has 1 atom stereocenters. The maximum absolute atomic E-state index is 11.8. The van der Waals surface area contributed by atoms with Gasteiger partial charge in [-0.05, 0) is 7.05 Å². The minimum Gasteiger partial charge on any atom is -0.368 e. The van der Waals surface area contributed by atoms with Gasteiger partial charge < -0.3 is 14.6 Å². The number of rotatable bonds is 2. The number of benzene rings is 1. The summed E-state index contributed by atoms with van der Waals surface area (Å²) in [5, 5.41) is 0. The summed E-state index contributed by atoms with van der Waals surface area (Å²) in [4.78, 5) is 21.4. The van der Waals surface area contributed by atoms with Crippen molar-refractivity contribution in [1.82, 2.24) is 14.9 Å². The van der Waals surface area contributed by atoms with E-state index >= 15 is 0 Å². The molecule has 3 rings (SSSR count). The predicted octanol–water partition coefficient (Wildman–Crippen LogP) is 1.44. The average Bonchev–Trinajstić information content (AvgIpc) is 2.47. The molecular weight excluding hydrogens is 254 g/mol. The van der Waals surface area contributed by atoms with Crippen molar-refractivity contribution in [2.45, 2.75) is 6.10 Å². The van der Waals surface area contributed by atoms with Crippen LogP contribution in [-0.2, 0) is 4.74 Å². The third-order valence-corrected chi connectivity index (χ3v) is 3.40. The molecule has 0 saturated carbocycles. The van der Waals surface area contributed by atoms with E-state index in [-0.39, 0.29) is 11.7 Å². The first kappa shape index (κ1) is 13.0. The highest BCUT2D eigenvalue weighted by Gasteiger charge is 2.22. The number of nitrogens with zero attached hydrogens (tertiary/aromatic N) is 2. The van der Waals surface area contributed by atoms with Crippen LogP contribution in [0.4, 0.5) is 0 Å². The van der Waals surface area contributed by atoms with Crippen LogP contribution in [-0.4, -0.2) is 41.6 Å². The van der Waals surface area contributed by atoms with Gasteiger partial charge in [-0.3, -0.25) is 4.79 Å². The van der Waals surface area contributed by atoms with E-state index in [1.807, 2.05) is 37.4 Å². The third-order valence-electron chi connectivity index (χ3n) is 3.40. The summed E-state index contributed by atoms with van der Waals surface area (Å²) < 4.78 is 5.71. The normalized spacial score (nSPS) is 19.9. The van der Waals surface area contributed by atoms with Crippen LogP contribution < -0.4 is 5.56 Å². The Hall–Kier alpha value is -1.98. The van der Waals surface area contributed by atoms with Gasteiger partial charge in [-0.1, -0.05) is 30.3 Å². The van der Waals surface area contributed by atoms with E-state index in [2.05, 4.69) is 14.9 Å². The molecular formula is C15H17N3O2. The molecule has 1 fully saturated rings. The Morgan fingerprint density at radius 3 is 2.90 bits per heavy atom. The highest BCUT2D eigenvalue weighted by molar-refractivity contribution is 5.58. The van der Waals surface area contributed by atoms with Crippen molar-refractivity contribution in [2.24, 2.45) is 0 Å². The Balaban J connectivity index is 1.97. The number of ether oxygens (including phenoxy) is 1. The predicted molar refractivity (Wildman–Crippen MR) is 76.5 cm³/mol. The second kappa shape index (κ2) is 5.56. The van der Waals surface area contributed by atoms with E-state index in [4.69, 9.17) is 4.74 Å². The highest BCUT2D eigenvalue weighted by Crippen LogP contribution is 2.20. The zero-order chi connectivity index (χ0) is 13.9. The van der Waals surface area contributed by atoms with Crippen molar-refractivity contribution in [1.29, 1.82) is 0 Å². The van der Waals surface area contributed by atoms with Crippen molar-refractivity contribution in [2.75, 3.05) is 26.7 Å². The molecule has 2 aromatic rings. The Morgan fingerprint density at radius 2 is 2.15 bits per heavy atom.